The normalized spacial score (nSPS) is 13.1. The Labute approximate surface area is 142 Å². The van der Waals surface area contributed by atoms with Crippen molar-refractivity contribution in [2.75, 3.05) is 11.9 Å². The molecule has 4 heteroatoms. The van der Waals surface area contributed by atoms with Gasteiger partial charge in [0.15, 0.2) is 0 Å². The van der Waals surface area contributed by atoms with Crippen molar-refractivity contribution < 1.29 is 9.59 Å². The lowest BCUT2D eigenvalue weighted by Crippen LogP contribution is -2.26. The molecule has 0 spiro atoms. The van der Waals surface area contributed by atoms with Gasteiger partial charge in [-0.25, -0.2) is 0 Å². The number of carbonyl (C=O) groups excluding carboxylic acids is 2. The molecule has 2 aromatic carbocycles. The first-order valence-electron chi connectivity index (χ1n) is 8.31. The van der Waals surface area contributed by atoms with E-state index in [1.165, 1.54) is 0 Å². The number of fused-ring (bicyclic) bond motifs is 1. The third-order valence-corrected chi connectivity index (χ3v) is 4.38. The van der Waals surface area contributed by atoms with Crippen LogP contribution in [0.2, 0.25) is 0 Å². The second kappa shape index (κ2) is 6.48. The van der Waals surface area contributed by atoms with E-state index in [2.05, 4.69) is 5.32 Å². The van der Waals surface area contributed by atoms with Gasteiger partial charge in [-0.15, -0.1) is 0 Å². The fourth-order valence-corrected chi connectivity index (χ4v) is 3.20. The van der Waals surface area contributed by atoms with Gasteiger partial charge in [0, 0.05) is 18.8 Å². The van der Waals surface area contributed by atoms with Crippen molar-refractivity contribution in [2.45, 2.75) is 33.7 Å². The number of hydrogen-bond donors (Lipinski definition) is 1. The maximum atomic E-state index is 12.7. The third kappa shape index (κ3) is 2.92. The quantitative estimate of drug-likeness (QED) is 0.927. The van der Waals surface area contributed by atoms with Crippen LogP contribution in [0.25, 0.3) is 0 Å². The Balaban J connectivity index is 1.90. The van der Waals surface area contributed by atoms with Crippen molar-refractivity contribution in [3.05, 3.63) is 64.2 Å². The molecule has 0 saturated carbocycles. The molecule has 1 N–H and O–H groups in total. The average molecular weight is 322 g/mol. The molecule has 0 unspecified atom stereocenters. The number of amides is 2. The Morgan fingerprint density at radius 2 is 2.00 bits per heavy atom. The smallest absolute Gasteiger partial charge is 0.256 e. The van der Waals surface area contributed by atoms with Crippen LogP contribution in [-0.2, 0) is 6.54 Å². The van der Waals surface area contributed by atoms with Gasteiger partial charge in [-0.05, 0) is 43.5 Å². The van der Waals surface area contributed by atoms with E-state index in [9.17, 15) is 9.59 Å². The summed E-state index contributed by atoms with van der Waals surface area (Å²) in [5, 5.41) is 2.94. The second-order valence-corrected chi connectivity index (χ2v) is 6.34. The summed E-state index contributed by atoms with van der Waals surface area (Å²) in [7, 11) is 0. The molecule has 0 atom stereocenters. The van der Waals surface area contributed by atoms with Crippen LogP contribution in [0.5, 0.6) is 0 Å². The van der Waals surface area contributed by atoms with Crippen LogP contribution in [-0.4, -0.2) is 23.3 Å². The van der Waals surface area contributed by atoms with Gasteiger partial charge in [0.25, 0.3) is 11.8 Å². The number of rotatable bonds is 4. The monoisotopic (exact) mass is 322 g/mol. The van der Waals surface area contributed by atoms with E-state index < -0.39 is 0 Å². The highest BCUT2D eigenvalue weighted by atomic mass is 16.2. The third-order valence-electron chi connectivity index (χ3n) is 4.38. The maximum Gasteiger partial charge on any atom is 0.256 e. The average Bonchev–Trinajstić information content (AvgIpc) is 2.87. The molecule has 3 rings (SSSR count). The molecule has 0 aliphatic carbocycles. The molecule has 4 nitrogen and oxygen atoms in total. The van der Waals surface area contributed by atoms with Gasteiger partial charge >= 0.3 is 0 Å². The molecule has 0 bridgehead atoms. The van der Waals surface area contributed by atoms with Crippen LogP contribution in [0.1, 0.15) is 50.8 Å². The van der Waals surface area contributed by atoms with Crippen LogP contribution < -0.4 is 5.32 Å². The molecular formula is C20H22N2O2. The van der Waals surface area contributed by atoms with Crippen molar-refractivity contribution in [3.63, 3.8) is 0 Å². The predicted molar refractivity (Wildman–Crippen MR) is 95.3 cm³/mol. The summed E-state index contributed by atoms with van der Waals surface area (Å²) in [6.45, 7) is 7.33. The van der Waals surface area contributed by atoms with Gasteiger partial charge in [-0.2, -0.15) is 0 Å². The Bertz CT molecular complexity index is 811. The first-order valence-corrected chi connectivity index (χ1v) is 8.31. The molecular weight excluding hydrogens is 300 g/mol. The van der Waals surface area contributed by atoms with Crippen molar-refractivity contribution in [3.8, 4) is 0 Å². The fraction of sp³-hybridized carbons (Fsp3) is 0.300. The van der Waals surface area contributed by atoms with Gasteiger partial charge in [0.05, 0.1) is 11.1 Å². The topological polar surface area (TPSA) is 49.4 Å². The van der Waals surface area contributed by atoms with Gasteiger partial charge in [0.2, 0.25) is 0 Å². The molecule has 2 aromatic rings. The van der Waals surface area contributed by atoms with Crippen LogP contribution in [0.15, 0.2) is 36.4 Å². The predicted octanol–water partition coefficient (Wildman–Crippen LogP) is 3.92. The molecule has 0 saturated heterocycles. The van der Waals surface area contributed by atoms with Gasteiger partial charge in [-0.1, -0.05) is 36.8 Å². The zero-order valence-corrected chi connectivity index (χ0v) is 14.3. The van der Waals surface area contributed by atoms with Crippen LogP contribution in [0.4, 0.5) is 5.69 Å². The Hall–Kier alpha value is -2.62. The summed E-state index contributed by atoms with van der Waals surface area (Å²) in [5.41, 5.74) is 4.87. The summed E-state index contributed by atoms with van der Waals surface area (Å²) in [6, 6.07) is 11.4. The number of hydrogen-bond acceptors (Lipinski definition) is 2. The summed E-state index contributed by atoms with van der Waals surface area (Å²) in [6.07, 6.45) is 0.907. The Morgan fingerprint density at radius 3 is 2.71 bits per heavy atom. The zero-order chi connectivity index (χ0) is 17.3. The standard InChI is InChI=1S/C20H22N2O2/c1-4-10-22-12-15-6-5-7-16(18(15)20(22)24)19(23)21-17-9-8-13(2)11-14(17)3/h5-9,11H,4,10,12H2,1-3H3,(H,21,23). The lowest BCUT2D eigenvalue weighted by atomic mass is 10.0. The van der Waals surface area contributed by atoms with E-state index in [1.54, 1.807) is 11.0 Å². The number of carbonyl (C=O) groups is 2. The van der Waals surface area contributed by atoms with E-state index in [0.29, 0.717) is 24.2 Å². The molecule has 1 aliphatic heterocycles. The first kappa shape index (κ1) is 16.2. The van der Waals surface area contributed by atoms with Crippen molar-refractivity contribution in [2.24, 2.45) is 0 Å². The fourth-order valence-electron chi connectivity index (χ4n) is 3.20. The largest absolute Gasteiger partial charge is 0.334 e. The second-order valence-electron chi connectivity index (χ2n) is 6.34. The first-order chi connectivity index (χ1) is 11.5. The molecule has 24 heavy (non-hydrogen) atoms. The van der Waals surface area contributed by atoms with Crippen LogP contribution in [0, 0.1) is 13.8 Å². The highest BCUT2D eigenvalue weighted by Crippen LogP contribution is 2.27. The minimum Gasteiger partial charge on any atom is -0.334 e. The van der Waals surface area contributed by atoms with Crippen LogP contribution >= 0.6 is 0 Å². The number of anilines is 1. The summed E-state index contributed by atoms with van der Waals surface area (Å²) in [4.78, 5) is 27.2. The van der Waals surface area contributed by atoms with Crippen molar-refractivity contribution in [1.82, 2.24) is 4.90 Å². The van der Waals surface area contributed by atoms with E-state index in [-0.39, 0.29) is 11.8 Å². The number of nitrogens with one attached hydrogen (secondary N) is 1. The van der Waals surface area contributed by atoms with Gasteiger partial charge in [-0.3, -0.25) is 9.59 Å². The lowest BCUT2D eigenvalue weighted by Gasteiger charge is -2.14. The SMILES string of the molecule is CCCN1Cc2cccc(C(=O)Nc3ccc(C)cc3C)c2C1=O. The Kier molecular flexibility index (Phi) is 4.38. The highest BCUT2D eigenvalue weighted by Gasteiger charge is 2.31. The minimum absolute atomic E-state index is 0.0433. The lowest BCUT2D eigenvalue weighted by molar-refractivity contribution is 0.0774. The molecule has 1 aliphatic rings. The summed E-state index contributed by atoms with van der Waals surface area (Å²) >= 11 is 0. The van der Waals surface area contributed by atoms with Gasteiger partial charge < -0.3 is 10.2 Å². The van der Waals surface area contributed by atoms with Crippen molar-refractivity contribution >= 4 is 17.5 Å². The van der Waals surface area contributed by atoms with E-state index >= 15 is 0 Å². The molecule has 0 fully saturated rings. The van der Waals surface area contributed by atoms with Crippen molar-refractivity contribution in [1.29, 1.82) is 0 Å². The summed E-state index contributed by atoms with van der Waals surface area (Å²) in [5.74, 6) is -0.274. The van der Waals surface area contributed by atoms with Gasteiger partial charge in [0.1, 0.15) is 0 Å². The van der Waals surface area contributed by atoms with Crippen LogP contribution in [0.3, 0.4) is 0 Å². The number of nitrogens with zero attached hydrogens (tertiary/aromatic N) is 1. The maximum absolute atomic E-state index is 12.7. The molecule has 2 amide bonds. The molecule has 1 heterocycles. The zero-order valence-electron chi connectivity index (χ0n) is 14.3. The molecule has 0 aromatic heterocycles. The highest BCUT2D eigenvalue weighted by molar-refractivity contribution is 6.13. The molecule has 0 radical (unpaired) electrons. The summed E-state index contributed by atoms with van der Waals surface area (Å²) < 4.78 is 0. The van der Waals surface area contributed by atoms with E-state index in [1.807, 2.05) is 51.1 Å². The number of aryl methyl sites for hydroxylation is 2. The molecule has 124 valence electrons. The van der Waals surface area contributed by atoms with E-state index in [4.69, 9.17) is 0 Å². The Morgan fingerprint density at radius 1 is 1.21 bits per heavy atom. The minimum atomic E-state index is -0.231. The van der Waals surface area contributed by atoms with E-state index in [0.717, 1.165) is 28.8 Å². The number of benzene rings is 2.